The Kier molecular flexibility index (Phi) is 25.3. The number of hydrogen-bond donors (Lipinski definition) is 0. The van der Waals surface area contributed by atoms with Crippen molar-refractivity contribution in [3.05, 3.63) is 304 Å². The van der Waals surface area contributed by atoms with Crippen molar-refractivity contribution in [1.29, 1.82) is 0 Å². The van der Waals surface area contributed by atoms with Gasteiger partial charge in [0.1, 0.15) is 0 Å². The zero-order valence-electron chi connectivity index (χ0n) is 50.1. The first-order valence-electron chi connectivity index (χ1n) is 28.4. The molecule has 0 amide bonds. The van der Waals surface area contributed by atoms with Crippen LogP contribution in [0.1, 0.15) is 96.3 Å². The molecule has 3 aromatic carbocycles. The Morgan fingerprint density at radius 3 is 0.520 bits per heavy atom. The predicted octanol–water partition coefficient (Wildman–Crippen LogP) is 4.00. The topological polar surface area (TPSA) is 357 Å². The maximum Gasteiger partial charge on any atom is 3.00 e. The largest absolute Gasteiger partial charge is 3.00 e. The van der Waals surface area contributed by atoms with Crippen molar-refractivity contribution in [3.63, 3.8) is 0 Å². The van der Waals surface area contributed by atoms with Gasteiger partial charge in [0.05, 0.1) is 138 Å². The van der Waals surface area contributed by atoms with Crippen molar-refractivity contribution in [2.75, 3.05) is 0 Å². The molecule has 9 heterocycles. The minimum absolute atomic E-state index is 0. The molecule has 0 spiro atoms. The Morgan fingerprint density at radius 1 is 0.194 bits per heavy atom. The van der Waals surface area contributed by atoms with Gasteiger partial charge >= 0.3 is 77.2 Å². The van der Waals surface area contributed by atoms with Crippen LogP contribution in [0.15, 0.2) is 237 Å². The number of carbonyl (C=O) groups is 6. The van der Waals surface area contributed by atoms with Crippen LogP contribution in [0.4, 0.5) is 0 Å². The second-order valence-electron chi connectivity index (χ2n) is 19.9. The third-order valence-corrected chi connectivity index (χ3v) is 13.2. The van der Waals surface area contributed by atoms with Crippen molar-refractivity contribution in [2.24, 2.45) is 0 Å². The fourth-order valence-corrected chi connectivity index (χ4v) is 8.74. The van der Waals surface area contributed by atoms with Crippen LogP contribution in [-0.4, -0.2) is 80.7 Å². The summed E-state index contributed by atoms with van der Waals surface area (Å²) in [5.41, 5.74) is 6.61. The summed E-state index contributed by atoms with van der Waals surface area (Å²) in [5, 5.41) is 67.3. The van der Waals surface area contributed by atoms with Crippen LogP contribution in [-0.2, 0) is 0 Å². The molecule has 474 valence electrons. The quantitative estimate of drug-likeness (QED) is 0.156. The summed E-state index contributed by atoms with van der Waals surface area (Å²) in [6.07, 6.45) is 0. The molecule has 0 saturated heterocycles. The maximum atomic E-state index is 11.2. The molecule has 0 aliphatic rings. The molecule has 0 atom stereocenters. The molecule has 0 aliphatic heterocycles. The number of aromatic nitrogens is 9. The van der Waals surface area contributed by atoms with Crippen molar-refractivity contribution in [1.82, 2.24) is 44.9 Å². The van der Waals surface area contributed by atoms with Crippen molar-refractivity contribution >= 4 is 35.8 Å². The second kappa shape index (κ2) is 34.5. The molecule has 12 rings (SSSR count). The number of nitrogens with zero attached hydrogens (tertiary/aromatic N) is 9. The molecule has 0 bridgehead atoms. The van der Waals surface area contributed by atoms with Gasteiger partial charge in [0.15, 0.2) is 0 Å². The Balaban J connectivity index is 0.000000186. The minimum atomic E-state index is -1.41. The summed E-state index contributed by atoms with van der Waals surface area (Å²) >= 11 is 0. The number of benzene rings is 3. The first kappa shape index (κ1) is 71.9. The molecular formula is C75H39N9O12Tb2. The van der Waals surface area contributed by atoms with Gasteiger partial charge in [-0.05, 0) is 146 Å². The maximum absolute atomic E-state index is 11.2. The number of pyridine rings is 9. The van der Waals surface area contributed by atoms with Crippen LogP contribution in [0, 0.1) is 113 Å². The zero-order valence-corrected chi connectivity index (χ0v) is 54.4. The van der Waals surface area contributed by atoms with Crippen LogP contribution in [0.25, 0.3) is 68.3 Å². The van der Waals surface area contributed by atoms with E-state index in [0.717, 1.165) is 16.7 Å². The Labute approximate surface area is 619 Å². The predicted molar refractivity (Wildman–Crippen MR) is 335 cm³/mol. The first-order valence-corrected chi connectivity index (χ1v) is 28.4. The van der Waals surface area contributed by atoms with E-state index >= 15 is 0 Å². The van der Waals surface area contributed by atoms with Gasteiger partial charge in [-0.2, -0.15) is 0 Å². The van der Waals surface area contributed by atoms with E-state index in [1.54, 1.807) is 72.8 Å². The fourth-order valence-electron chi connectivity index (χ4n) is 8.74. The molecule has 0 fully saturated rings. The monoisotopic (exact) mass is 1580 g/mol. The summed E-state index contributed by atoms with van der Waals surface area (Å²) in [7, 11) is 0. The second-order valence-corrected chi connectivity index (χ2v) is 19.9. The third-order valence-electron chi connectivity index (χ3n) is 13.2. The van der Waals surface area contributed by atoms with Crippen molar-refractivity contribution in [2.45, 2.75) is 0 Å². The SMILES string of the molecule is O=C([O-])c1cccc(-c2cc(C#Cc3ccccc3)cc(-c3cccc(C(=O)[O-])n3)n2)n1.O=C([O-])c1cccc(-c2cc(C#Cc3ccccc3)cc(-c3cccc(C(=O)[O-])n3)n2)n1.O=C([O-])c1cccc(-c2cc(C#Cc3ccccc3)cc(-c3cccc(C(=O)[O-])n3)n2)n1.[Tb+3].[Tb+3]. The van der Waals surface area contributed by atoms with E-state index in [9.17, 15) is 59.4 Å². The summed E-state index contributed by atoms with van der Waals surface area (Å²) in [6.45, 7) is 0. The molecule has 23 heteroatoms. The van der Waals surface area contributed by atoms with Crippen LogP contribution < -0.4 is 30.6 Å². The molecule has 0 radical (unpaired) electrons. The van der Waals surface area contributed by atoms with Gasteiger partial charge in [0.25, 0.3) is 0 Å². The molecule has 12 aromatic rings. The average molecular weight is 1580 g/mol. The number of carbonyl (C=O) groups excluding carboxylic acids is 6. The van der Waals surface area contributed by atoms with Gasteiger partial charge in [-0.15, -0.1) is 0 Å². The number of carboxylic acid groups (broad SMARTS) is 6. The third kappa shape index (κ3) is 19.8. The normalized spacial score (nSPS) is 9.92. The van der Waals surface area contributed by atoms with Gasteiger partial charge < -0.3 is 59.4 Å². The minimum Gasteiger partial charge on any atom is -0.543 e. The molecule has 0 aliphatic carbocycles. The van der Waals surface area contributed by atoms with Gasteiger partial charge in [0.2, 0.25) is 0 Å². The molecular weight excluding hydrogens is 1540 g/mol. The van der Waals surface area contributed by atoms with E-state index < -0.39 is 35.8 Å². The Hall–Kier alpha value is -11.9. The van der Waals surface area contributed by atoms with Gasteiger partial charge in [0, 0.05) is 33.4 Å². The van der Waals surface area contributed by atoms with Crippen LogP contribution >= 0.6 is 0 Å². The Bertz CT molecular complexity index is 4470. The molecule has 0 unspecified atom stereocenters. The standard InChI is InChI=1S/3C25H15N3O4.2Tb/c3*29-24(30)20-10-4-8-18(26-20)22-14-17(13-12-16-6-2-1-3-7-16)15-23(28-22)19-9-5-11-21(27-19)25(31)32;;/h3*1-11,14-15H,(H,29,30)(H,31,32);;/q;;;2*+3/p-6. The first-order chi connectivity index (χ1) is 46.5. The number of carboxylic acids is 6. The molecule has 98 heavy (non-hydrogen) atoms. The zero-order chi connectivity index (χ0) is 67.5. The van der Waals surface area contributed by atoms with Crippen LogP contribution in [0.3, 0.4) is 0 Å². The van der Waals surface area contributed by atoms with E-state index in [1.807, 2.05) is 91.0 Å². The van der Waals surface area contributed by atoms with E-state index in [4.69, 9.17) is 0 Å². The number of aromatic carboxylic acids is 6. The van der Waals surface area contributed by atoms with Gasteiger partial charge in [-0.25, -0.2) is 44.9 Å². The van der Waals surface area contributed by atoms with E-state index in [1.165, 1.54) is 72.8 Å². The smallest absolute Gasteiger partial charge is 0.543 e. The number of rotatable bonds is 12. The van der Waals surface area contributed by atoms with E-state index in [-0.39, 0.29) is 111 Å². The van der Waals surface area contributed by atoms with Crippen LogP contribution in [0.2, 0.25) is 0 Å². The van der Waals surface area contributed by atoms with Crippen molar-refractivity contribution < 1.29 is 137 Å². The van der Waals surface area contributed by atoms with E-state index in [2.05, 4.69) is 80.4 Å². The average Bonchev–Trinajstić information content (AvgIpc) is 0.825. The van der Waals surface area contributed by atoms with Crippen molar-refractivity contribution in [3.8, 4) is 104 Å². The molecule has 0 N–H and O–H groups in total. The van der Waals surface area contributed by atoms with Gasteiger partial charge in [-0.1, -0.05) is 127 Å². The van der Waals surface area contributed by atoms with E-state index in [0.29, 0.717) is 85.0 Å². The molecule has 21 nitrogen and oxygen atoms in total. The summed E-state index contributed by atoms with van der Waals surface area (Å²) < 4.78 is 0. The van der Waals surface area contributed by atoms with Crippen LogP contribution in [0.5, 0.6) is 0 Å². The molecule has 9 aromatic heterocycles. The molecule has 0 saturated carbocycles. The fraction of sp³-hybridized carbons (Fsp3) is 0. The Morgan fingerprint density at radius 2 is 0.357 bits per heavy atom. The number of hydrogen-bond acceptors (Lipinski definition) is 21. The summed E-state index contributed by atoms with van der Waals surface area (Å²) in [6, 6.07) is 64.9. The summed E-state index contributed by atoms with van der Waals surface area (Å²) in [5.74, 6) is 9.87. The summed E-state index contributed by atoms with van der Waals surface area (Å²) in [4.78, 5) is 105. The van der Waals surface area contributed by atoms with Gasteiger partial charge in [-0.3, -0.25) is 0 Å².